The van der Waals surface area contributed by atoms with Crippen LogP contribution in [-0.2, 0) is 23.4 Å². The fourth-order valence-corrected chi connectivity index (χ4v) is 10.4. The normalized spacial score (nSPS) is 36.3. The topological polar surface area (TPSA) is 54.0 Å². The molecule has 240 valence electrons. The lowest BCUT2D eigenvalue weighted by Gasteiger charge is -2.57. The molecule has 1 heterocycles. The van der Waals surface area contributed by atoms with Crippen LogP contribution in [-0.4, -0.2) is 45.5 Å². The van der Waals surface area contributed by atoms with Gasteiger partial charge in [0.05, 0.1) is 13.2 Å². The standard InChI is InChI=1S/C36H55ClO5Si/c1-25(38)41-32-30(17-20-35(6)31(32)18-21-36(35)39-22-23-40-36)34(5)19-16-29(42-43(7,8)33(2,3)4)24-27(34)11-9-10-26-12-14-28(37)15-13-26/h9-10,12-15,27,29-32H,11,16-24H2,1-8H3/b10-9-/t27-,29?,30?,31?,32+,34-,35-/m0/s1. The first kappa shape index (κ1) is 33.2. The van der Waals surface area contributed by atoms with Crippen LogP contribution >= 0.6 is 11.6 Å². The second-order valence-electron chi connectivity index (χ2n) is 15.9. The molecule has 1 aromatic carbocycles. The fraction of sp³-hybridized carbons (Fsp3) is 0.750. The van der Waals surface area contributed by atoms with Gasteiger partial charge in [-0.05, 0) is 92.1 Å². The highest BCUT2D eigenvalue weighted by molar-refractivity contribution is 6.74. The molecule has 1 spiro atoms. The SMILES string of the molecule is CC(=O)O[C@H]1C2CCC3(OCCO3)[C@@]2(C)CCC1[C@@]1(C)CCC(O[Si](C)(C)C(C)(C)C)C[C@@H]1C/C=C\c1ccc(Cl)cc1. The minimum atomic E-state index is -1.91. The van der Waals surface area contributed by atoms with E-state index in [0.29, 0.717) is 19.1 Å². The molecule has 7 heteroatoms. The average Bonchev–Trinajstić information content (AvgIpc) is 3.52. The van der Waals surface area contributed by atoms with Crippen LogP contribution in [0.1, 0.15) is 98.5 Å². The zero-order valence-electron chi connectivity index (χ0n) is 27.8. The van der Waals surface area contributed by atoms with E-state index in [4.69, 9.17) is 30.2 Å². The summed E-state index contributed by atoms with van der Waals surface area (Å²) in [4.78, 5) is 12.7. The van der Waals surface area contributed by atoms with Gasteiger partial charge in [0, 0.05) is 41.7 Å². The van der Waals surface area contributed by atoms with Crippen molar-refractivity contribution in [2.45, 2.75) is 129 Å². The third kappa shape index (κ3) is 6.30. The number of hydrogen-bond acceptors (Lipinski definition) is 5. The van der Waals surface area contributed by atoms with Gasteiger partial charge >= 0.3 is 5.97 Å². The number of halogens is 1. The molecule has 43 heavy (non-hydrogen) atoms. The zero-order chi connectivity index (χ0) is 31.3. The van der Waals surface area contributed by atoms with Crippen molar-refractivity contribution in [2.75, 3.05) is 13.2 Å². The molecule has 1 saturated heterocycles. The second-order valence-corrected chi connectivity index (χ2v) is 21.1. The van der Waals surface area contributed by atoms with Crippen molar-refractivity contribution >= 4 is 32.0 Å². The van der Waals surface area contributed by atoms with Crippen LogP contribution in [0.2, 0.25) is 23.2 Å². The lowest BCUT2D eigenvalue weighted by molar-refractivity contribution is -0.252. The smallest absolute Gasteiger partial charge is 0.302 e. The quantitative estimate of drug-likeness (QED) is 0.222. The predicted molar refractivity (Wildman–Crippen MR) is 176 cm³/mol. The Hall–Kier alpha value is -1.18. The summed E-state index contributed by atoms with van der Waals surface area (Å²) in [6, 6.07) is 8.04. The second kappa shape index (κ2) is 12.2. The summed E-state index contributed by atoms with van der Waals surface area (Å²) < 4.78 is 26.1. The van der Waals surface area contributed by atoms with Crippen molar-refractivity contribution < 1.29 is 23.4 Å². The Balaban J connectivity index is 1.44. The first-order valence-electron chi connectivity index (χ1n) is 16.7. The van der Waals surface area contributed by atoms with E-state index in [0.717, 1.165) is 62.0 Å². The van der Waals surface area contributed by atoms with E-state index in [1.165, 1.54) is 0 Å². The number of carbonyl (C=O) groups excluding carboxylic acids is 1. The molecule has 3 saturated carbocycles. The Labute approximate surface area is 266 Å². The van der Waals surface area contributed by atoms with Crippen LogP contribution in [0.5, 0.6) is 0 Å². The van der Waals surface area contributed by atoms with E-state index in [1.807, 2.05) is 12.1 Å². The summed E-state index contributed by atoms with van der Waals surface area (Å²) in [5, 5.41) is 0.931. The van der Waals surface area contributed by atoms with Crippen LogP contribution in [0.4, 0.5) is 0 Å². The van der Waals surface area contributed by atoms with Gasteiger partial charge in [0.25, 0.3) is 0 Å². The Morgan fingerprint density at radius 2 is 1.67 bits per heavy atom. The van der Waals surface area contributed by atoms with E-state index in [2.05, 4.69) is 72.0 Å². The van der Waals surface area contributed by atoms with Gasteiger partial charge in [0.15, 0.2) is 14.1 Å². The molecule has 5 nitrogen and oxygen atoms in total. The lowest BCUT2D eigenvalue weighted by atomic mass is 9.51. The molecule has 7 atom stereocenters. The monoisotopic (exact) mass is 630 g/mol. The molecule has 5 rings (SSSR count). The van der Waals surface area contributed by atoms with Gasteiger partial charge in [0.2, 0.25) is 0 Å². The van der Waals surface area contributed by atoms with Crippen molar-refractivity contribution in [1.29, 1.82) is 0 Å². The summed E-state index contributed by atoms with van der Waals surface area (Å²) in [7, 11) is -1.91. The first-order valence-corrected chi connectivity index (χ1v) is 19.9. The van der Waals surface area contributed by atoms with E-state index in [1.54, 1.807) is 6.92 Å². The molecule has 3 unspecified atom stereocenters. The van der Waals surface area contributed by atoms with Crippen molar-refractivity contribution in [3.8, 4) is 0 Å². The maximum atomic E-state index is 12.7. The number of benzene rings is 1. The highest BCUT2D eigenvalue weighted by atomic mass is 35.5. The van der Waals surface area contributed by atoms with E-state index in [-0.39, 0.29) is 45.9 Å². The highest BCUT2D eigenvalue weighted by Crippen LogP contribution is 2.66. The van der Waals surface area contributed by atoms with Gasteiger partial charge < -0.3 is 18.6 Å². The van der Waals surface area contributed by atoms with Crippen LogP contribution < -0.4 is 0 Å². The number of carbonyl (C=O) groups is 1. The zero-order valence-corrected chi connectivity index (χ0v) is 29.6. The number of allylic oxidation sites excluding steroid dienone is 1. The molecule has 3 aliphatic carbocycles. The van der Waals surface area contributed by atoms with Crippen LogP contribution in [0.3, 0.4) is 0 Å². The molecule has 0 aromatic heterocycles. The lowest BCUT2D eigenvalue weighted by Crippen LogP contribution is -2.58. The average molecular weight is 631 g/mol. The third-order valence-corrected chi connectivity index (χ3v) is 17.3. The van der Waals surface area contributed by atoms with Crippen LogP contribution in [0.25, 0.3) is 6.08 Å². The summed E-state index contributed by atoms with van der Waals surface area (Å²) in [6.45, 7) is 19.4. The van der Waals surface area contributed by atoms with Crippen molar-refractivity contribution in [1.82, 2.24) is 0 Å². The minimum absolute atomic E-state index is 0.0201. The van der Waals surface area contributed by atoms with Gasteiger partial charge in [-0.15, -0.1) is 0 Å². The number of esters is 1. The number of fused-ring (bicyclic) bond motifs is 2. The minimum Gasteiger partial charge on any atom is -0.462 e. The molecule has 4 aliphatic rings. The van der Waals surface area contributed by atoms with E-state index >= 15 is 0 Å². The van der Waals surface area contributed by atoms with Crippen LogP contribution in [0.15, 0.2) is 30.3 Å². The van der Waals surface area contributed by atoms with E-state index in [9.17, 15) is 4.79 Å². The van der Waals surface area contributed by atoms with Gasteiger partial charge in [-0.1, -0.05) is 70.5 Å². The molecule has 4 fully saturated rings. The Morgan fingerprint density at radius 1 is 1.02 bits per heavy atom. The Bertz CT molecular complexity index is 1170. The van der Waals surface area contributed by atoms with Gasteiger partial charge in [0.1, 0.15) is 6.10 Å². The van der Waals surface area contributed by atoms with Crippen molar-refractivity contribution in [2.24, 2.45) is 28.6 Å². The molecule has 0 bridgehead atoms. The number of rotatable bonds is 7. The predicted octanol–water partition coefficient (Wildman–Crippen LogP) is 9.44. The molecular weight excluding hydrogens is 576 g/mol. The summed E-state index contributed by atoms with van der Waals surface area (Å²) >= 11 is 6.14. The van der Waals surface area contributed by atoms with Gasteiger partial charge in [-0.3, -0.25) is 4.79 Å². The number of hydrogen-bond donors (Lipinski definition) is 0. The molecule has 0 amide bonds. The number of ether oxygens (including phenoxy) is 3. The maximum absolute atomic E-state index is 12.7. The molecular formula is C36H55ClO5Si. The largest absolute Gasteiger partial charge is 0.462 e. The molecule has 0 N–H and O–H groups in total. The summed E-state index contributed by atoms with van der Waals surface area (Å²) in [5.41, 5.74) is 1.03. The van der Waals surface area contributed by atoms with E-state index < -0.39 is 14.1 Å². The summed E-state index contributed by atoms with van der Waals surface area (Å²) in [6.07, 6.45) is 12.8. The maximum Gasteiger partial charge on any atom is 0.302 e. The molecule has 0 radical (unpaired) electrons. The van der Waals surface area contributed by atoms with Crippen molar-refractivity contribution in [3.63, 3.8) is 0 Å². The van der Waals surface area contributed by atoms with Gasteiger partial charge in [-0.2, -0.15) is 0 Å². The summed E-state index contributed by atoms with van der Waals surface area (Å²) in [5.74, 6) is 0.231. The molecule has 1 aliphatic heterocycles. The highest BCUT2D eigenvalue weighted by Gasteiger charge is 2.67. The van der Waals surface area contributed by atoms with Gasteiger partial charge in [-0.25, -0.2) is 0 Å². The van der Waals surface area contributed by atoms with Crippen LogP contribution in [0, 0.1) is 28.6 Å². The fourth-order valence-electron chi connectivity index (χ4n) is 8.90. The third-order valence-electron chi connectivity index (χ3n) is 12.5. The Kier molecular flexibility index (Phi) is 9.42. The first-order chi connectivity index (χ1) is 20.1. The molecule has 1 aromatic rings. The van der Waals surface area contributed by atoms with Crippen molar-refractivity contribution in [3.05, 3.63) is 40.9 Å². The Morgan fingerprint density at radius 3 is 2.30 bits per heavy atom.